The van der Waals surface area contributed by atoms with E-state index in [2.05, 4.69) is 21.3 Å². The molecule has 32 heavy (non-hydrogen) atoms. The summed E-state index contributed by atoms with van der Waals surface area (Å²) in [4.78, 5) is 37.8. The van der Waals surface area contributed by atoms with E-state index < -0.39 is 12.1 Å². The van der Waals surface area contributed by atoms with Crippen LogP contribution in [0.2, 0.25) is 0 Å². The lowest BCUT2D eigenvalue weighted by atomic mass is 9.94. The van der Waals surface area contributed by atoms with Gasteiger partial charge in [-0.15, -0.1) is 11.8 Å². The van der Waals surface area contributed by atoms with Gasteiger partial charge in [-0.25, -0.2) is 0 Å². The van der Waals surface area contributed by atoms with Gasteiger partial charge < -0.3 is 20.7 Å². The second kappa shape index (κ2) is 9.88. The molecule has 4 rings (SSSR count). The Morgan fingerprint density at radius 1 is 1.12 bits per heavy atom. The van der Waals surface area contributed by atoms with Crippen LogP contribution >= 0.6 is 11.8 Å². The molecule has 3 atom stereocenters. The Morgan fingerprint density at radius 3 is 2.72 bits per heavy atom. The lowest BCUT2D eigenvalue weighted by molar-refractivity contribution is -0.134. The summed E-state index contributed by atoms with van der Waals surface area (Å²) in [6.45, 7) is 0.314. The number of methoxy groups -OCH3 is 1. The van der Waals surface area contributed by atoms with E-state index in [4.69, 9.17) is 4.74 Å². The van der Waals surface area contributed by atoms with Crippen molar-refractivity contribution in [2.75, 3.05) is 12.4 Å². The number of rotatable bonds is 7. The summed E-state index contributed by atoms with van der Waals surface area (Å²) < 4.78 is 5.19. The number of carbonyl (C=O) groups excluding carboxylic acids is 3. The Bertz CT molecular complexity index is 1040. The molecule has 0 saturated carbocycles. The minimum Gasteiger partial charge on any atom is -0.497 e. The van der Waals surface area contributed by atoms with Gasteiger partial charge in [0.25, 0.3) is 5.91 Å². The first-order chi connectivity index (χ1) is 15.5. The number of fused-ring (bicyclic) bond motifs is 1. The molecule has 0 spiro atoms. The third-order valence-corrected chi connectivity index (χ3v) is 6.39. The van der Waals surface area contributed by atoms with Crippen LogP contribution in [0.5, 0.6) is 5.75 Å². The zero-order valence-corrected chi connectivity index (χ0v) is 18.3. The summed E-state index contributed by atoms with van der Waals surface area (Å²) in [5.74, 6) is -0.561. The van der Waals surface area contributed by atoms with Crippen LogP contribution in [-0.2, 0) is 20.9 Å². The fourth-order valence-corrected chi connectivity index (χ4v) is 4.89. The molecule has 1 saturated heterocycles. The molecule has 2 aliphatic heterocycles. The van der Waals surface area contributed by atoms with Crippen LogP contribution < -0.4 is 26.0 Å². The molecule has 3 unspecified atom stereocenters. The van der Waals surface area contributed by atoms with Crippen molar-refractivity contribution in [1.29, 1.82) is 0 Å². The third kappa shape index (κ3) is 5.12. The molecule has 9 heteroatoms. The van der Waals surface area contributed by atoms with Crippen molar-refractivity contribution < 1.29 is 19.1 Å². The second-order valence-corrected chi connectivity index (χ2v) is 8.51. The molecule has 2 aromatic rings. The molecular weight excluding hydrogens is 428 g/mol. The highest BCUT2D eigenvalue weighted by atomic mass is 32.2. The summed E-state index contributed by atoms with van der Waals surface area (Å²) in [5.41, 5.74) is 2.33. The van der Waals surface area contributed by atoms with Gasteiger partial charge in [-0.3, -0.25) is 19.7 Å². The first-order valence-corrected chi connectivity index (χ1v) is 11.1. The number of anilines is 1. The summed E-state index contributed by atoms with van der Waals surface area (Å²) in [6.07, 6.45) is -0.724. The van der Waals surface area contributed by atoms with Crippen molar-refractivity contribution in [3.05, 3.63) is 71.1 Å². The van der Waals surface area contributed by atoms with E-state index in [0.29, 0.717) is 18.0 Å². The van der Waals surface area contributed by atoms with Crippen LogP contribution in [0.25, 0.3) is 0 Å². The van der Waals surface area contributed by atoms with Crippen molar-refractivity contribution in [2.24, 2.45) is 5.92 Å². The van der Waals surface area contributed by atoms with Gasteiger partial charge in [0, 0.05) is 18.7 Å². The maximum atomic E-state index is 12.8. The van der Waals surface area contributed by atoms with Crippen LogP contribution in [0.4, 0.5) is 5.69 Å². The van der Waals surface area contributed by atoms with Gasteiger partial charge in [0.05, 0.1) is 18.4 Å². The molecule has 0 bridgehead atoms. The van der Waals surface area contributed by atoms with Gasteiger partial charge in [0.1, 0.15) is 5.75 Å². The molecule has 166 valence electrons. The topological polar surface area (TPSA) is 109 Å². The van der Waals surface area contributed by atoms with Gasteiger partial charge in [0.15, 0.2) is 6.17 Å². The molecular formula is C23H24N4O4S. The number of benzene rings is 2. The first-order valence-electron chi connectivity index (χ1n) is 10.2. The number of hydrogen-bond acceptors (Lipinski definition) is 6. The number of hydrogen-bond donors (Lipinski definition) is 4. The summed E-state index contributed by atoms with van der Waals surface area (Å²) in [6, 6.07) is 16.6. The molecule has 0 aromatic heterocycles. The van der Waals surface area contributed by atoms with Crippen molar-refractivity contribution in [2.45, 2.75) is 24.5 Å². The summed E-state index contributed by atoms with van der Waals surface area (Å²) in [7, 11) is 1.59. The largest absolute Gasteiger partial charge is 0.497 e. The van der Waals surface area contributed by atoms with E-state index in [1.54, 1.807) is 7.11 Å². The first kappa shape index (κ1) is 21.9. The zero-order chi connectivity index (χ0) is 22.5. The number of nitrogens with one attached hydrogen (secondary N) is 4. The third-order valence-electron chi connectivity index (χ3n) is 5.25. The van der Waals surface area contributed by atoms with Gasteiger partial charge in [0.2, 0.25) is 11.8 Å². The lowest BCUT2D eigenvalue weighted by Gasteiger charge is -2.33. The maximum absolute atomic E-state index is 12.8. The van der Waals surface area contributed by atoms with Crippen LogP contribution in [0, 0.1) is 5.92 Å². The fourth-order valence-electron chi connectivity index (χ4n) is 3.66. The van der Waals surface area contributed by atoms with Crippen molar-refractivity contribution in [3.63, 3.8) is 0 Å². The number of para-hydroxylation sites is 1. The number of ether oxygens (including phenoxy) is 1. The molecule has 2 aromatic carbocycles. The molecule has 1 fully saturated rings. The average Bonchev–Trinajstić information content (AvgIpc) is 3.21. The van der Waals surface area contributed by atoms with Gasteiger partial charge in [-0.05, 0) is 40.8 Å². The molecule has 2 aliphatic rings. The smallest absolute Gasteiger partial charge is 0.257 e. The summed E-state index contributed by atoms with van der Waals surface area (Å²) in [5, 5.41) is 13.1. The Kier molecular flexibility index (Phi) is 6.77. The average molecular weight is 453 g/mol. The van der Waals surface area contributed by atoms with Crippen LogP contribution in [-0.4, -0.2) is 36.4 Å². The van der Waals surface area contributed by atoms with E-state index >= 15 is 0 Å². The monoisotopic (exact) mass is 452 g/mol. The highest BCUT2D eigenvalue weighted by molar-refractivity contribution is 8.03. The zero-order valence-electron chi connectivity index (χ0n) is 17.5. The normalized spacial score (nSPS) is 21.7. The number of amides is 3. The Hall–Kier alpha value is -3.30. The molecule has 2 heterocycles. The minimum absolute atomic E-state index is 0.116. The second-order valence-electron chi connectivity index (χ2n) is 7.50. The van der Waals surface area contributed by atoms with Crippen LogP contribution in [0.1, 0.15) is 12.0 Å². The molecule has 8 nitrogen and oxygen atoms in total. The van der Waals surface area contributed by atoms with Crippen molar-refractivity contribution in [1.82, 2.24) is 16.0 Å². The number of thioether (sulfide) groups is 1. The Balaban J connectivity index is 1.30. The van der Waals surface area contributed by atoms with Crippen molar-refractivity contribution in [3.8, 4) is 5.75 Å². The minimum atomic E-state index is -0.840. The van der Waals surface area contributed by atoms with Crippen LogP contribution in [0.15, 0.2) is 65.6 Å². The highest BCUT2D eigenvalue weighted by Crippen LogP contribution is 2.38. The molecule has 0 radical (unpaired) electrons. The van der Waals surface area contributed by atoms with E-state index in [0.717, 1.165) is 11.1 Å². The van der Waals surface area contributed by atoms with E-state index in [-0.39, 0.29) is 29.5 Å². The van der Waals surface area contributed by atoms with E-state index in [1.807, 2.05) is 60.0 Å². The van der Waals surface area contributed by atoms with Crippen LogP contribution in [0.3, 0.4) is 0 Å². The maximum Gasteiger partial charge on any atom is 0.257 e. The number of carbonyl (C=O) groups is 3. The van der Waals surface area contributed by atoms with Gasteiger partial charge in [-0.2, -0.15) is 0 Å². The predicted molar refractivity (Wildman–Crippen MR) is 123 cm³/mol. The van der Waals surface area contributed by atoms with Gasteiger partial charge in [-0.1, -0.05) is 30.3 Å². The van der Waals surface area contributed by atoms with Crippen molar-refractivity contribution >= 4 is 35.2 Å². The SMILES string of the molecule is COc1cccc(CNC(=O)C2NC(=O)C3C(CC(=O)Nc4ccccc4)=CSC3N2)c1. The van der Waals surface area contributed by atoms with Gasteiger partial charge >= 0.3 is 0 Å². The lowest BCUT2D eigenvalue weighted by Crippen LogP contribution is -2.64. The standard InChI is InChI=1S/C23H24N4O4S/c1-31-17-9-5-6-14(10-17)12-24-22(30)20-26-21(29)19-15(13-32-23(19)27-20)11-18(28)25-16-7-3-2-4-8-16/h2-10,13,19-20,23,27H,11-12H2,1H3,(H,24,30)(H,25,28)(H,26,29). The molecule has 0 aliphatic carbocycles. The Morgan fingerprint density at radius 2 is 1.94 bits per heavy atom. The molecule has 3 amide bonds. The fraction of sp³-hybridized carbons (Fsp3) is 0.261. The Labute approximate surface area is 190 Å². The predicted octanol–water partition coefficient (Wildman–Crippen LogP) is 1.96. The van der Waals surface area contributed by atoms with E-state index in [9.17, 15) is 14.4 Å². The van der Waals surface area contributed by atoms with E-state index in [1.165, 1.54) is 11.8 Å². The highest BCUT2D eigenvalue weighted by Gasteiger charge is 2.43. The molecule has 4 N–H and O–H groups in total. The summed E-state index contributed by atoms with van der Waals surface area (Å²) >= 11 is 1.42. The quantitative estimate of drug-likeness (QED) is 0.512.